The van der Waals surface area contributed by atoms with Crippen molar-refractivity contribution in [1.82, 2.24) is 29.2 Å². The topological polar surface area (TPSA) is 74.2 Å². The Balaban J connectivity index is 1.36. The van der Waals surface area contributed by atoms with Crippen LogP contribution in [0.3, 0.4) is 0 Å². The SMILES string of the molecule is CC(C)(C)OC(=O)N1CC[C@@](F)(CN(C(=O)N2CCC(N3CCCCC3)CC2)[C@@H](c2nc(-c3ccccc3)cn2Cc2ccccc2)C(C)(C)C)C1. The Morgan fingerprint density at radius 1 is 0.885 bits per heavy atom. The molecule has 282 valence electrons. The van der Waals surface area contributed by atoms with Gasteiger partial charge >= 0.3 is 12.1 Å². The summed E-state index contributed by atoms with van der Waals surface area (Å²) in [5.74, 6) is 0.720. The van der Waals surface area contributed by atoms with Crippen molar-refractivity contribution in [1.29, 1.82) is 0 Å². The summed E-state index contributed by atoms with van der Waals surface area (Å²) in [4.78, 5) is 41.2. The Labute approximate surface area is 310 Å². The van der Waals surface area contributed by atoms with E-state index in [1.807, 2.05) is 74.2 Å². The number of urea groups is 1. The molecule has 0 unspecified atom stereocenters. The third kappa shape index (κ3) is 9.17. The predicted molar refractivity (Wildman–Crippen MR) is 204 cm³/mol. The number of hydrogen-bond donors (Lipinski definition) is 0. The number of ether oxygens (including phenoxy) is 1. The molecule has 2 atom stereocenters. The van der Waals surface area contributed by atoms with E-state index in [-0.39, 0.29) is 32.1 Å². The van der Waals surface area contributed by atoms with Crippen LogP contribution in [0.15, 0.2) is 66.9 Å². The lowest BCUT2D eigenvalue weighted by atomic mass is 9.84. The quantitative estimate of drug-likeness (QED) is 0.234. The number of hydrogen-bond acceptors (Lipinski definition) is 5. The van der Waals surface area contributed by atoms with Crippen LogP contribution >= 0.6 is 0 Å². The third-order valence-corrected chi connectivity index (χ3v) is 10.7. The highest BCUT2D eigenvalue weighted by molar-refractivity contribution is 5.75. The molecule has 6 rings (SSSR count). The van der Waals surface area contributed by atoms with Gasteiger partial charge in [-0.3, -0.25) is 0 Å². The first-order valence-corrected chi connectivity index (χ1v) is 19.3. The fourth-order valence-electron chi connectivity index (χ4n) is 8.21. The Morgan fingerprint density at radius 3 is 2.13 bits per heavy atom. The van der Waals surface area contributed by atoms with Gasteiger partial charge in [0.2, 0.25) is 0 Å². The van der Waals surface area contributed by atoms with Gasteiger partial charge in [0.05, 0.1) is 24.8 Å². The zero-order chi connectivity index (χ0) is 37.1. The first kappa shape index (κ1) is 37.8. The summed E-state index contributed by atoms with van der Waals surface area (Å²) in [6, 6.07) is 20.0. The van der Waals surface area contributed by atoms with E-state index >= 15 is 9.18 Å². The number of carbonyl (C=O) groups is 2. The molecule has 3 fully saturated rings. The molecular formula is C42H59FN6O3. The van der Waals surface area contributed by atoms with Gasteiger partial charge in [0.15, 0.2) is 0 Å². The summed E-state index contributed by atoms with van der Waals surface area (Å²) in [6.45, 7) is 15.8. The smallest absolute Gasteiger partial charge is 0.410 e. The number of likely N-dealkylation sites (tertiary alicyclic amines) is 3. The van der Waals surface area contributed by atoms with Gasteiger partial charge < -0.3 is 28.9 Å². The second kappa shape index (κ2) is 15.6. The fraction of sp³-hybridized carbons (Fsp3) is 0.595. The highest BCUT2D eigenvalue weighted by atomic mass is 19.1. The number of benzene rings is 2. The molecule has 1 aromatic heterocycles. The van der Waals surface area contributed by atoms with Gasteiger partial charge in [0.1, 0.15) is 17.1 Å². The second-order valence-electron chi connectivity index (χ2n) is 17.3. The monoisotopic (exact) mass is 714 g/mol. The first-order chi connectivity index (χ1) is 24.7. The Morgan fingerprint density at radius 2 is 1.52 bits per heavy atom. The number of imidazole rings is 1. The zero-order valence-corrected chi connectivity index (χ0v) is 32.2. The van der Waals surface area contributed by atoms with Crippen LogP contribution in [0.2, 0.25) is 0 Å². The highest BCUT2D eigenvalue weighted by Gasteiger charge is 2.49. The lowest BCUT2D eigenvalue weighted by molar-refractivity contribution is 0.0156. The van der Waals surface area contributed by atoms with Crippen molar-refractivity contribution < 1.29 is 18.7 Å². The van der Waals surface area contributed by atoms with E-state index in [4.69, 9.17) is 9.72 Å². The molecule has 10 heteroatoms. The van der Waals surface area contributed by atoms with Crippen molar-refractivity contribution in [2.75, 3.05) is 45.8 Å². The molecule has 0 bridgehead atoms. The van der Waals surface area contributed by atoms with Crippen LogP contribution in [0.5, 0.6) is 0 Å². The summed E-state index contributed by atoms with van der Waals surface area (Å²) >= 11 is 0. The minimum Gasteiger partial charge on any atom is -0.444 e. The molecule has 3 amide bonds. The summed E-state index contributed by atoms with van der Waals surface area (Å²) in [7, 11) is 0. The predicted octanol–water partition coefficient (Wildman–Crippen LogP) is 8.41. The van der Waals surface area contributed by atoms with E-state index in [1.54, 1.807) is 4.90 Å². The van der Waals surface area contributed by atoms with E-state index in [0.29, 0.717) is 25.7 Å². The molecule has 2 aromatic carbocycles. The molecule has 4 heterocycles. The average molecular weight is 715 g/mol. The summed E-state index contributed by atoms with van der Waals surface area (Å²) in [6.07, 6.45) is 7.24. The number of aromatic nitrogens is 2. The fourth-order valence-corrected chi connectivity index (χ4v) is 8.21. The van der Waals surface area contributed by atoms with E-state index in [2.05, 4.69) is 48.6 Å². The molecule has 3 aromatic rings. The molecule has 3 aliphatic heterocycles. The van der Waals surface area contributed by atoms with Crippen LogP contribution in [-0.4, -0.2) is 104 Å². The molecule has 0 spiro atoms. The molecule has 0 radical (unpaired) electrons. The van der Waals surface area contributed by atoms with Crippen molar-refractivity contribution in [2.24, 2.45) is 5.41 Å². The largest absolute Gasteiger partial charge is 0.444 e. The number of amides is 3. The standard InChI is InChI=1S/C42H59FN6O3/c1-40(2,3)36(37-44-35(33-18-12-8-13-19-33)29-48(37)28-32-16-10-7-11-17-32)49(31-42(43)22-27-47(30-42)39(51)52-41(4,5)6)38(50)46-25-20-34(21-26-46)45-23-14-9-15-24-45/h7-8,10-13,16-19,29,34,36H,9,14-15,20-28,30-31H2,1-6H3/t36-,42-/m0/s1. The van der Waals surface area contributed by atoms with Gasteiger partial charge in [0, 0.05) is 50.4 Å². The number of rotatable bonds is 8. The Hall–Kier alpha value is -3.92. The Kier molecular flexibility index (Phi) is 11.3. The van der Waals surface area contributed by atoms with Crippen molar-refractivity contribution in [3.63, 3.8) is 0 Å². The van der Waals surface area contributed by atoms with Gasteiger partial charge in [-0.1, -0.05) is 87.9 Å². The molecule has 0 N–H and O–H groups in total. The van der Waals surface area contributed by atoms with Crippen molar-refractivity contribution >= 4 is 12.1 Å². The normalized spacial score (nSPS) is 21.3. The summed E-state index contributed by atoms with van der Waals surface area (Å²) in [5.41, 5.74) is -0.132. The molecule has 0 aliphatic carbocycles. The van der Waals surface area contributed by atoms with Crippen LogP contribution in [0.1, 0.15) is 97.5 Å². The number of piperidine rings is 2. The highest BCUT2D eigenvalue weighted by Crippen LogP contribution is 2.42. The van der Waals surface area contributed by atoms with E-state index in [1.165, 1.54) is 24.2 Å². The molecule has 9 nitrogen and oxygen atoms in total. The van der Waals surface area contributed by atoms with Crippen molar-refractivity contribution in [3.05, 3.63) is 78.2 Å². The van der Waals surface area contributed by atoms with Gasteiger partial charge in [-0.25, -0.2) is 19.0 Å². The van der Waals surface area contributed by atoms with Crippen molar-refractivity contribution in [3.8, 4) is 11.3 Å². The summed E-state index contributed by atoms with van der Waals surface area (Å²) < 4.78 is 25.1. The molecule has 0 saturated carbocycles. The lowest BCUT2D eigenvalue weighted by Crippen LogP contribution is -2.56. The van der Waals surface area contributed by atoms with Crippen LogP contribution in [-0.2, 0) is 11.3 Å². The average Bonchev–Trinajstić information content (AvgIpc) is 3.71. The van der Waals surface area contributed by atoms with E-state index < -0.39 is 28.8 Å². The number of carbonyl (C=O) groups excluding carboxylic acids is 2. The van der Waals surface area contributed by atoms with E-state index in [0.717, 1.165) is 48.6 Å². The molecule has 3 aliphatic rings. The van der Waals surface area contributed by atoms with Gasteiger partial charge in [0.25, 0.3) is 0 Å². The first-order valence-electron chi connectivity index (χ1n) is 19.3. The number of alkyl halides is 1. The van der Waals surface area contributed by atoms with Crippen LogP contribution < -0.4 is 0 Å². The molecule has 52 heavy (non-hydrogen) atoms. The second-order valence-corrected chi connectivity index (χ2v) is 17.3. The zero-order valence-electron chi connectivity index (χ0n) is 32.2. The maximum absolute atomic E-state index is 17.3. The molecule has 3 saturated heterocycles. The lowest BCUT2D eigenvalue weighted by Gasteiger charge is -2.46. The Bertz CT molecular complexity index is 1640. The molecular weight excluding hydrogens is 655 g/mol. The van der Waals surface area contributed by atoms with E-state index in [9.17, 15) is 4.79 Å². The minimum atomic E-state index is -1.82. The number of halogens is 1. The van der Waals surface area contributed by atoms with Gasteiger partial charge in [-0.2, -0.15) is 0 Å². The maximum atomic E-state index is 17.3. The van der Waals surface area contributed by atoms with Crippen molar-refractivity contribution in [2.45, 2.75) is 110 Å². The maximum Gasteiger partial charge on any atom is 0.410 e. The van der Waals surface area contributed by atoms with Crippen LogP contribution in [0.25, 0.3) is 11.3 Å². The van der Waals surface area contributed by atoms with Crippen LogP contribution in [0.4, 0.5) is 14.0 Å². The minimum absolute atomic E-state index is 0.123. The van der Waals surface area contributed by atoms with Gasteiger partial charge in [-0.15, -0.1) is 0 Å². The number of nitrogens with zero attached hydrogens (tertiary/aromatic N) is 6. The van der Waals surface area contributed by atoms with Gasteiger partial charge in [-0.05, 0) is 70.5 Å². The van der Waals surface area contributed by atoms with Crippen LogP contribution in [0, 0.1) is 5.41 Å². The summed E-state index contributed by atoms with van der Waals surface area (Å²) in [5, 5.41) is 0. The third-order valence-electron chi connectivity index (χ3n) is 10.7.